The minimum Gasteiger partial charge on any atom is -0.481 e. The third-order valence-corrected chi connectivity index (χ3v) is 2.35. The van der Waals surface area contributed by atoms with Crippen LogP contribution in [0.3, 0.4) is 0 Å². The first kappa shape index (κ1) is 17.4. The average molecular weight is 272 g/mol. The maximum Gasteiger partial charge on any atom is 0.314 e. The van der Waals surface area contributed by atoms with Crippen molar-refractivity contribution in [3.8, 4) is 0 Å². The summed E-state index contributed by atoms with van der Waals surface area (Å²) < 4.78 is 5.24. The maximum absolute atomic E-state index is 11.3. The van der Waals surface area contributed by atoms with E-state index in [1.165, 1.54) is 0 Å². The van der Waals surface area contributed by atoms with Gasteiger partial charge in [-0.15, -0.1) is 6.58 Å². The first-order valence-corrected chi connectivity index (χ1v) is 6.59. The Morgan fingerprint density at radius 1 is 1.11 bits per heavy atom. The molecule has 0 aromatic heterocycles. The van der Waals surface area contributed by atoms with E-state index in [0.29, 0.717) is 32.7 Å². The summed E-state index contributed by atoms with van der Waals surface area (Å²) >= 11 is 0. The molecule has 0 unspecified atom stereocenters. The number of carbonyl (C=O) groups excluding carboxylic acids is 1. The fraction of sp³-hybridized carbons (Fsp3) is 0.692. The number of carbonyl (C=O) groups is 2. The molecule has 0 atom stereocenters. The summed E-state index contributed by atoms with van der Waals surface area (Å²) in [6, 6.07) is -0.217. The molecular formula is C13H24N2O4. The standard InChI is InChI=1S/C13H24N2O4/c1-2-3-10-19-11-9-15-13(18)14-8-6-4-5-7-12(16)17/h2H,1,3-11H2,(H,16,17)(H2,14,15,18). The fourth-order valence-electron chi connectivity index (χ4n) is 1.35. The molecule has 0 aliphatic rings. The highest BCUT2D eigenvalue weighted by molar-refractivity contribution is 5.73. The van der Waals surface area contributed by atoms with E-state index in [0.717, 1.165) is 19.3 Å². The summed E-state index contributed by atoms with van der Waals surface area (Å²) in [6.45, 7) is 5.72. The van der Waals surface area contributed by atoms with Crippen LogP contribution in [0.25, 0.3) is 0 Å². The van der Waals surface area contributed by atoms with Crippen molar-refractivity contribution in [3.05, 3.63) is 12.7 Å². The number of rotatable bonds is 12. The number of amides is 2. The molecule has 0 aliphatic carbocycles. The molecule has 0 heterocycles. The molecule has 6 nitrogen and oxygen atoms in total. The predicted molar refractivity (Wildman–Crippen MR) is 73.1 cm³/mol. The summed E-state index contributed by atoms with van der Waals surface area (Å²) in [5, 5.41) is 13.8. The lowest BCUT2D eigenvalue weighted by Gasteiger charge is -2.07. The SMILES string of the molecule is C=CCCOCCNC(=O)NCCCCCC(=O)O. The summed E-state index contributed by atoms with van der Waals surface area (Å²) in [5.74, 6) is -0.776. The van der Waals surface area contributed by atoms with Crippen LogP contribution in [0.4, 0.5) is 4.79 Å². The summed E-state index contributed by atoms with van der Waals surface area (Å²) in [7, 11) is 0. The minimum absolute atomic E-state index is 0.189. The van der Waals surface area contributed by atoms with Gasteiger partial charge in [0.2, 0.25) is 0 Å². The van der Waals surface area contributed by atoms with Crippen molar-refractivity contribution in [1.29, 1.82) is 0 Å². The summed E-state index contributed by atoms with van der Waals surface area (Å²) in [5.41, 5.74) is 0. The zero-order valence-electron chi connectivity index (χ0n) is 11.3. The third kappa shape index (κ3) is 14.4. The van der Waals surface area contributed by atoms with E-state index < -0.39 is 5.97 Å². The topological polar surface area (TPSA) is 87.7 Å². The molecular weight excluding hydrogens is 248 g/mol. The number of unbranched alkanes of at least 4 members (excludes halogenated alkanes) is 2. The van der Waals surface area contributed by atoms with Gasteiger partial charge in [-0.05, 0) is 19.3 Å². The Kier molecular flexibility index (Phi) is 11.8. The largest absolute Gasteiger partial charge is 0.481 e. The number of carboxylic acids is 1. The van der Waals surface area contributed by atoms with Crippen LogP contribution < -0.4 is 10.6 Å². The van der Waals surface area contributed by atoms with E-state index >= 15 is 0 Å². The van der Waals surface area contributed by atoms with Gasteiger partial charge in [0.05, 0.1) is 13.2 Å². The normalized spacial score (nSPS) is 9.89. The predicted octanol–water partition coefficient (Wildman–Crippen LogP) is 1.52. The molecule has 0 rings (SSSR count). The third-order valence-electron chi connectivity index (χ3n) is 2.35. The highest BCUT2D eigenvalue weighted by Crippen LogP contribution is 1.98. The Morgan fingerprint density at radius 3 is 2.53 bits per heavy atom. The minimum atomic E-state index is -0.776. The van der Waals surface area contributed by atoms with Gasteiger partial charge in [-0.3, -0.25) is 4.79 Å². The van der Waals surface area contributed by atoms with Crippen molar-refractivity contribution >= 4 is 12.0 Å². The fourth-order valence-corrected chi connectivity index (χ4v) is 1.35. The van der Waals surface area contributed by atoms with Crippen molar-refractivity contribution in [2.75, 3.05) is 26.3 Å². The number of hydrogen-bond acceptors (Lipinski definition) is 3. The summed E-state index contributed by atoms with van der Waals surface area (Å²) in [6.07, 6.45) is 5.02. The molecule has 0 spiro atoms. The van der Waals surface area contributed by atoms with Gasteiger partial charge in [0.25, 0.3) is 0 Å². The van der Waals surface area contributed by atoms with Crippen LogP contribution in [0, 0.1) is 0 Å². The van der Waals surface area contributed by atoms with Crippen LogP contribution >= 0.6 is 0 Å². The monoisotopic (exact) mass is 272 g/mol. The van der Waals surface area contributed by atoms with E-state index in [1.54, 1.807) is 6.08 Å². The Morgan fingerprint density at radius 2 is 1.84 bits per heavy atom. The molecule has 0 saturated heterocycles. The molecule has 0 aromatic rings. The van der Waals surface area contributed by atoms with Crippen molar-refractivity contribution in [3.63, 3.8) is 0 Å². The van der Waals surface area contributed by atoms with Crippen LogP contribution in [0.1, 0.15) is 32.1 Å². The van der Waals surface area contributed by atoms with Crippen molar-refractivity contribution in [2.45, 2.75) is 32.1 Å². The van der Waals surface area contributed by atoms with E-state index in [9.17, 15) is 9.59 Å². The van der Waals surface area contributed by atoms with E-state index in [1.807, 2.05) is 0 Å². The highest BCUT2D eigenvalue weighted by Gasteiger charge is 1.99. The number of urea groups is 1. The first-order chi connectivity index (χ1) is 9.16. The molecule has 0 radical (unpaired) electrons. The zero-order valence-corrected chi connectivity index (χ0v) is 11.3. The second-order valence-corrected chi connectivity index (χ2v) is 4.08. The van der Waals surface area contributed by atoms with Gasteiger partial charge in [-0.2, -0.15) is 0 Å². The molecule has 6 heteroatoms. The highest BCUT2D eigenvalue weighted by atomic mass is 16.5. The lowest BCUT2D eigenvalue weighted by atomic mass is 10.2. The molecule has 110 valence electrons. The second-order valence-electron chi connectivity index (χ2n) is 4.08. The van der Waals surface area contributed by atoms with Crippen LogP contribution in [-0.2, 0) is 9.53 Å². The van der Waals surface area contributed by atoms with Crippen LogP contribution in [0.5, 0.6) is 0 Å². The number of carboxylic acid groups (broad SMARTS) is 1. The van der Waals surface area contributed by atoms with Gasteiger partial charge in [-0.1, -0.05) is 12.5 Å². The van der Waals surface area contributed by atoms with E-state index in [-0.39, 0.29) is 12.5 Å². The van der Waals surface area contributed by atoms with Crippen molar-refractivity contribution in [1.82, 2.24) is 10.6 Å². The quantitative estimate of drug-likeness (QED) is 0.371. The van der Waals surface area contributed by atoms with Gasteiger partial charge >= 0.3 is 12.0 Å². The van der Waals surface area contributed by atoms with Gasteiger partial charge in [0.15, 0.2) is 0 Å². The molecule has 2 amide bonds. The van der Waals surface area contributed by atoms with E-state index in [2.05, 4.69) is 17.2 Å². The number of ether oxygens (including phenoxy) is 1. The smallest absolute Gasteiger partial charge is 0.314 e. The molecule has 0 saturated carbocycles. The maximum atomic E-state index is 11.3. The van der Waals surface area contributed by atoms with Gasteiger partial charge in [0, 0.05) is 19.5 Å². The Hall–Kier alpha value is -1.56. The van der Waals surface area contributed by atoms with Crippen LogP contribution in [-0.4, -0.2) is 43.4 Å². The second kappa shape index (κ2) is 12.9. The Labute approximate surface area is 114 Å². The number of hydrogen-bond donors (Lipinski definition) is 3. The first-order valence-electron chi connectivity index (χ1n) is 6.59. The molecule has 0 aromatic carbocycles. The molecule has 0 fully saturated rings. The molecule has 0 aliphatic heterocycles. The average Bonchev–Trinajstić information content (AvgIpc) is 2.37. The van der Waals surface area contributed by atoms with Gasteiger partial charge in [0.1, 0.15) is 0 Å². The van der Waals surface area contributed by atoms with Crippen LogP contribution in [0.2, 0.25) is 0 Å². The van der Waals surface area contributed by atoms with Crippen molar-refractivity contribution in [2.24, 2.45) is 0 Å². The lowest BCUT2D eigenvalue weighted by molar-refractivity contribution is -0.137. The van der Waals surface area contributed by atoms with Gasteiger partial charge < -0.3 is 20.5 Å². The molecule has 19 heavy (non-hydrogen) atoms. The number of aliphatic carboxylic acids is 1. The van der Waals surface area contributed by atoms with E-state index in [4.69, 9.17) is 9.84 Å². The molecule has 0 bridgehead atoms. The Bertz CT molecular complexity index is 269. The number of nitrogens with one attached hydrogen (secondary N) is 2. The van der Waals surface area contributed by atoms with Crippen LogP contribution in [0.15, 0.2) is 12.7 Å². The summed E-state index contributed by atoms with van der Waals surface area (Å²) in [4.78, 5) is 21.5. The Balaban J connectivity index is 3.21. The zero-order chi connectivity index (χ0) is 14.3. The lowest BCUT2D eigenvalue weighted by Crippen LogP contribution is -2.37. The van der Waals surface area contributed by atoms with Gasteiger partial charge in [-0.25, -0.2) is 4.79 Å². The molecule has 3 N–H and O–H groups in total. The van der Waals surface area contributed by atoms with Crippen molar-refractivity contribution < 1.29 is 19.4 Å².